The number of nitrogens with one attached hydrogen (secondary N) is 1. The van der Waals surface area contributed by atoms with Gasteiger partial charge < -0.3 is 9.63 Å². The Labute approximate surface area is 116 Å². The zero-order valence-corrected chi connectivity index (χ0v) is 11.8. The quantitative estimate of drug-likeness (QED) is 0.751. The van der Waals surface area contributed by atoms with Gasteiger partial charge in [0, 0.05) is 13.1 Å². The minimum atomic E-state index is -3.75. The van der Waals surface area contributed by atoms with Crippen LogP contribution in [0.5, 0.6) is 0 Å². The van der Waals surface area contributed by atoms with E-state index in [1.54, 1.807) is 6.92 Å². The number of aromatic nitrogens is 2. The second-order valence-electron chi connectivity index (χ2n) is 4.60. The molecule has 1 aromatic rings. The van der Waals surface area contributed by atoms with E-state index in [0.29, 0.717) is 25.2 Å². The molecule has 1 fully saturated rings. The molecule has 9 nitrogen and oxygen atoms in total. The lowest BCUT2D eigenvalue weighted by Gasteiger charge is -2.29. The van der Waals surface area contributed by atoms with Crippen LogP contribution in [0.2, 0.25) is 0 Å². The molecule has 2 N–H and O–H groups in total. The number of aliphatic carboxylic acids is 1. The molecule has 1 atom stereocenters. The highest BCUT2D eigenvalue weighted by atomic mass is 32.2. The molecule has 0 radical (unpaired) electrons. The van der Waals surface area contributed by atoms with Gasteiger partial charge in [-0.15, -0.1) is 0 Å². The highest BCUT2D eigenvalue weighted by Gasteiger charge is 2.32. The average Bonchev–Trinajstić information content (AvgIpc) is 2.82. The number of nitrogens with zero attached hydrogens (tertiary/aromatic N) is 3. The summed E-state index contributed by atoms with van der Waals surface area (Å²) >= 11 is 0. The maximum atomic E-state index is 12.1. The van der Waals surface area contributed by atoms with Crippen molar-refractivity contribution in [2.24, 2.45) is 5.92 Å². The molecule has 2 rings (SSSR count). The summed E-state index contributed by atoms with van der Waals surface area (Å²) in [5, 5.41) is 12.5. The van der Waals surface area contributed by atoms with Crippen molar-refractivity contribution in [2.45, 2.75) is 26.3 Å². The third-order valence-corrected chi connectivity index (χ3v) is 4.57. The molecule has 1 unspecified atom stereocenters. The number of piperidine rings is 1. The summed E-state index contributed by atoms with van der Waals surface area (Å²) in [5.41, 5.74) is 0. The number of carboxylic acid groups (broad SMARTS) is 1. The van der Waals surface area contributed by atoms with Gasteiger partial charge in [0.2, 0.25) is 5.89 Å². The summed E-state index contributed by atoms with van der Waals surface area (Å²) in [7, 11) is -3.75. The summed E-state index contributed by atoms with van der Waals surface area (Å²) in [6, 6.07) is 0. The van der Waals surface area contributed by atoms with Crippen LogP contribution in [0.25, 0.3) is 0 Å². The van der Waals surface area contributed by atoms with Crippen LogP contribution in [0.3, 0.4) is 0 Å². The Morgan fingerprint density at radius 1 is 1.60 bits per heavy atom. The van der Waals surface area contributed by atoms with Gasteiger partial charge in [0.25, 0.3) is 10.2 Å². The third-order valence-electron chi connectivity index (χ3n) is 3.05. The summed E-state index contributed by atoms with van der Waals surface area (Å²) in [5.74, 6) is -1.05. The Balaban J connectivity index is 1.97. The van der Waals surface area contributed by atoms with Crippen LogP contribution in [0.1, 0.15) is 24.6 Å². The SMILES string of the molecule is Cc1noc(CNS(=O)(=O)N2CCCC(C(=O)O)C2)n1. The minimum absolute atomic E-state index is 0.0203. The number of hydrogen-bond donors (Lipinski definition) is 2. The Morgan fingerprint density at radius 2 is 2.35 bits per heavy atom. The molecule has 0 saturated carbocycles. The van der Waals surface area contributed by atoms with E-state index in [-0.39, 0.29) is 19.0 Å². The lowest BCUT2D eigenvalue weighted by atomic mass is 10.0. The maximum Gasteiger partial charge on any atom is 0.307 e. The fourth-order valence-electron chi connectivity index (χ4n) is 2.02. The molecule has 1 saturated heterocycles. The van der Waals surface area contributed by atoms with Gasteiger partial charge in [-0.05, 0) is 19.8 Å². The maximum absolute atomic E-state index is 12.1. The first-order valence-electron chi connectivity index (χ1n) is 6.15. The van der Waals surface area contributed by atoms with Crippen LogP contribution in [-0.2, 0) is 21.5 Å². The Kier molecular flexibility index (Phi) is 4.35. The predicted molar refractivity (Wildman–Crippen MR) is 66.7 cm³/mol. The zero-order chi connectivity index (χ0) is 14.8. The van der Waals surface area contributed by atoms with Gasteiger partial charge in [0.1, 0.15) is 0 Å². The Morgan fingerprint density at radius 3 is 2.95 bits per heavy atom. The van der Waals surface area contributed by atoms with Gasteiger partial charge in [0.05, 0.1) is 12.5 Å². The smallest absolute Gasteiger partial charge is 0.307 e. The van der Waals surface area contributed by atoms with E-state index >= 15 is 0 Å². The molecule has 1 aromatic heterocycles. The van der Waals surface area contributed by atoms with Crippen molar-refractivity contribution in [1.82, 2.24) is 19.2 Å². The molecule has 2 heterocycles. The van der Waals surface area contributed by atoms with Crippen LogP contribution < -0.4 is 4.72 Å². The predicted octanol–water partition coefficient (Wildman–Crippen LogP) is -0.491. The molecular weight excluding hydrogens is 288 g/mol. The van der Waals surface area contributed by atoms with Crippen molar-refractivity contribution >= 4 is 16.2 Å². The first-order chi connectivity index (χ1) is 9.38. The number of rotatable bonds is 5. The molecule has 1 aliphatic heterocycles. The number of hydrogen-bond acceptors (Lipinski definition) is 6. The number of aryl methyl sites for hydroxylation is 1. The molecule has 0 aromatic carbocycles. The van der Waals surface area contributed by atoms with Crippen LogP contribution in [0.15, 0.2) is 4.52 Å². The van der Waals surface area contributed by atoms with E-state index in [1.807, 2.05) is 0 Å². The van der Waals surface area contributed by atoms with Crippen molar-refractivity contribution in [3.8, 4) is 0 Å². The minimum Gasteiger partial charge on any atom is -0.481 e. The standard InChI is InChI=1S/C10H16N4O5S/c1-7-12-9(19-13-7)5-11-20(17,18)14-4-2-3-8(6-14)10(15)16/h8,11H,2-6H2,1H3,(H,15,16). The average molecular weight is 304 g/mol. The first kappa shape index (κ1) is 14.9. The van der Waals surface area contributed by atoms with Crippen molar-refractivity contribution in [3.05, 3.63) is 11.7 Å². The summed E-state index contributed by atoms with van der Waals surface area (Å²) in [6.07, 6.45) is 1.02. The molecule has 0 spiro atoms. The lowest BCUT2D eigenvalue weighted by molar-refractivity contribution is -0.142. The van der Waals surface area contributed by atoms with E-state index in [4.69, 9.17) is 9.63 Å². The molecule has 112 valence electrons. The lowest BCUT2D eigenvalue weighted by Crippen LogP contribution is -2.47. The number of carboxylic acids is 1. The van der Waals surface area contributed by atoms with Crippen molar-refractivity contribution < 1.29 is 22.8 Å². The Bertz CT molecular complexity index is 584. The van der Waals surface area contributed by atoms with E-state index in [9.17, 15) is 13.2 Å². The molecule has 0 amide bonds. The van der Waals surface area contributed by atoms with E-state index < -0.39 is 22.1 Å². The normalized spacial score (nSPS) is 20.9. The van der Waals surface area contributed by atoms with Crippen molar-refractivity contribution in [3.63, 3.8) is 0 Å². The zero-order valence-electron chi connectivity index (χ0n) is 10.9. The molecule has 0 aliphatic carbocycles. The van der Waals surface area contributed by atoms with Gasteiger partial charge in [0.15, 0.2) is 5.82 Å². The van der Waals surface area contributed by atoms with E-state index in [0.717, 1.165) is 4.31 Å². The monoisotopic (exact) mass is 304 g/mol. The molecular formula is C10H16N4O5S. The van der Waals surface area contributed by atoms with Gasteiger partial charge in [-0.1, -0.05) is 5.16 Å². The second kappa shape index (κ2) is 5.85. The molecule has 20 heavy (non-hydrogen) atoms. The highest BCUT2D eigenvalue weighted by Crippen LogP contribution is 2.18. The topological polar surface area (TPSA) is 126 Å². The highest BCUT2D eigenvalue weighted by molar-refractivity contribution is 7.87. The molecule has 1 aliphatic rings. The van der Waals surface area contributed by atoms with Crippen LogP contribution in [0.4, 0.5) is 0 Å². The second-order valence-corrected chi connectivity index (χ2v) is 6.35. The van der Waals surface area contributed by atoms with E-state index in [1.165, 1.54) is 0 Å². The van der Waals surface area contributed by atoms with Crippen LogP contribution in [0, 0.1) is 12.8 Å². The first-order valence-corrected chi connectivity index (χ1v) is 7.59. The van der Waals surface area contributed by atoms with Gasteiger partial charge >= 0.3 is 5.97 Å². The number of carbonyl (C=O) groups is 1. The molecule has 0 bridgehead atoms. The van der Waals surface area contributed by atoms with Crippen molar-refractivity contribution in [1.29, 1.82) is 0 Å². The summed E-state index contributed by atoms with van der Waals surface area (Å²) < 4.78 is 32.4. The van der Waals surface area contributed by atoms with Gasteiger partial charge in [-0.3, -0.25) is 4.79 Å². The fourth-order valence-corrected chi connectivity index (χ4v) is 3.25. The summed E-state index contributed by atoms with van der Waals surface area (Å²) in [4.78, 5) is 14.8. The largest absolute Gasteiger partial charge is 0.481 e. The van der Waals surface area contributed by atoms with Crippen LogP contribution >= 0.6 is 0 Å². The van der Waals surface area contributed by atoms with Gasteiger partial charge in [-0.2, -0.15) is 22.4 Å². The fraction of sp³-hybridized carbons (Fsp3) is 0.700. The summed E-state index contributed by atoms with van der Waals surface area (Å²) in [6.45, 7) is 1.80. The third kappa shape index (κ3) is 3.52. The Hall–Kier alpha value is -1.52. The molecule has 10 heteroatoms. The van der Waals surface area contributed by atoms with E-state index in [2.05, 4.69) is 14.9 Å². The van der Waals surface area contributed by atoms with Gasteiger partial charge in [-0.25, -0.2) is 0 Å². The van der Waals surface area contributed by atoms with Crippen molar-refractivity contribution in [2.75, 3.05) is 13.1 Å². The van der Waals surface area contributed by atoms with Crippen LogP contribution in [-0.4, -0.2) is 47.0 Å².